The van der Waals surface area contributed by atoms with Crippen LogP contribution in [0.1, 0.15) is 70.4 Å². The van der Waals surface area contributed by atoms with Crippen molar-refractivity contribution in [3.05, 3.63) is 142 Å². The molecule has 10 nitrogen and oxygen atoms in total. The summed E-state index contributed by atoms with van der Waals surface area (Å²) in [7, 11) is 2.11. The molecule has 0 atom stereocenters. The van der Waals surface area contributed by atoms with Gasteiger partial charge in [0.2, 0.25) is 0 Å². The molecule has 1 amide bonds. The van der Waals surface area contributed by atoms with Crippen molar-refractivity contribution in [1.29, 1.82) is 0 Å². The van der Waals surface area contributed by atoms with Gasteiger partial charge in [0.05, 0.1) is 35.2 Å². The number of nitrogens with zero attached hydrogens (tertiary/aromatic N) is 6. The molecule has 4 aromatic carbocycles. The minimum absolute atomic E-state index is 0.174. The van der Waals surface area contributed by atoms with Crippen molar-refractivity contribution >= 4 is 79.0 Å². The number of H-pyrrole nitrogens is 2. The summed E-state index contributed by atoms with van der Waals surface area (Å²) in [5.41, 5.74) is 6.14. The number of aromatic nitrogens is 6. The highest BCUT2D eigenvalue weighted by atomic mass is 35.5. The van der Waals surface area contributed by atoms with E-state index < -0.39 is 0 Å². The standard InChI is InChI=1S/C35H34ClN7O.C10H6ClNO.C2H2/c1-4-16-42(3)21-32-37-27-14-12-23(18-29(27)39-32)10-11-24-13-15-28-30(19-24)40-33(38-28)22-43(17-5-2)35(44)34-26-9-7-6-8-25(26)20-31(36)41-34;11-10-5-7-3-1-2-4-8(7)9(6-13)12-10;1-2/h6-9,12-15,18-20H,4-5,16-17,21-22H2,1-3H3,(H,37,39)(H,38,40);1-6H;1-2H. The second-order valence-electron chi connectivity index (χ2n) is 13.7. The van der Waals surface area contributed by atoms with Gasteiger partial charge in [0.25, 0.3) is 5.91 Å². The number of hydrogen-bond donors (Lipinski definition) is 2. The Morgan fingerprint density at radius 1 is 0.695 bits per heavy atom. The van der Waals surface area contributed by atoms with Gasteiger partial charge in [0.15, 0.2) is 6.29 Å². The molecule has 0 aliphatic heterocycles. The van der Waals surface area contributed by atoms with Gasteiger partial charge in [0.1, 0.15) is 33.3 Å². The van der Waals surface area contributed by atoms with Crippen molar-refractivity contribution in [2.45, 2.75) is 39.8 Å². The number of carbonyl (C=O) groups is 2. The highest BCUT2D eigenvalue weighted by Crippen LogP contribution is 2.24. The molecule has 0 radical (unpaired) electrons. The van der Waals surface area contributed by atoms with Crippen LogP contribution in [0.4, 0.5) is 0 Å². The van der Waals surface area contributed by atoms with Gasteiger partial charge < -0.3 is 14.9 Å². The molecule has 8 rings (SSSR count). The second-order valence-corrected chi connectivity index (χ2v) is 14.5. The maximum Gasteiger partial charge on any atom is 0.273 e. The van der Waals surface area contributed by atoms with Crippen molar-refractivity contribution < 1.29 is 9.59 Å². The summed E-state index contributed by atoms with van der Waals surface area (Å²) in [6.45, 7) is 6.92. The number of nitrogens with one attached hydrogen (secondary N) is 2. The number of aldehydes is 1. The highest BCUT2D eigenvalue weighted by Gasteiger charge is 2.21. The van der Waals surface area contributed by atoms with Gasteiger partial charge >= 0.3 is 0 Å². The Hall–Kier alpha value is -6.56. The first-order valence-corrected chi connectivity index (χ1v) is 19.8. The number of fused-ring (bicyclic) bond motifs is 4. The highest BCUT2D eigenvalue weighted by molar-refractivity contribution is 6.31. The van der Waals surface area contributed by atoms with Crippen LogP contribution >= 0.6 is 23.2 Å². The van der Waals surface area contributed by atoms with Crippen LogP contribution in [0.15, 0.2) is 97.1 Å². The van der Waals surface area contributed by atoms with Crippen LogP contribution in [0.3, 0.4) is 0 Å². The molecule has 4 aromatic heterocycles. The summed E-state index contributed by atoms with van der Waals surface area (Å²) < 4.78 is 0. The van der Waals surface area contributed by atoms with Crippen LogP contribution < -0.4 is 0 Å². The first kappa shape index (κ1) is 42.1. The third kappa shape index (κ3) is 10.3. The molecule has 0 saturated heterocycles. The first-order valence-electron chi connectivity index (χ1n) is 19.1. The molecule has 59 heavy (non-hydrogen) atoms. The smallest absolute Gasteiger partial charge is 0.273 e. The lowest BCUT2D eigenvalue weighted by Crippen LogP contribution is -2.32. The van der Waals surface area contributed by atoms with Crippen molar-refractivity contribution in [2.24, 2.45) is 0 Å². The molecule has 0 aliphatic carbocycles. The number of benzene rings is 4. The van der Waals surface area contributed by atoms with E-state index in [0.29, 0.717) is 46.9 Å². The van der Waals surface area contributed by atoms with E-state index in [9.17, 15) is 9.59 Å². The van der Waals surface area contributed by atoms with E-state index in [1.807, 2.05) is 91.9 Å². The summed E-state index contributed by atoms with van der Waals surface area (Å²) in [6, 6.07) is 30.6. The number of halogens is 2. The zero-order chi connectivity index (χ0) is 41.9. The lowest BCUT2D eigenvalue weighted by atomic mass is 10.1. The molecule has 0 saturated carbocycles. The Balaban J connectivity index is 0.000000328. The molecule has 0 spiro atoms. The molecule has 0 bridgehead atoms. The molecule has 2 N–H and O–H groups in total. The fourth-order valence-electron chi connectivity index (χ4n) is 6.75. The number of rotatable bonds is 10. The van der Waals surface area contributed by atoms with E-state index >= 15 is 0 Å². The Morgan fingerprint density at radius 3 is 1.80 bits per heavy atom. The van der Waals surface area contributed by atoms with Crippen LogP contribution in [-0.4, -0.2) is 72.0 Å². The molecule has 0 aliphatic rings. The number of terminal acetylenes is 1. The number of aromatic amines is 2. The number of hydrogen-bond acceptors (Lipinski definition) is 7. The van der Waals surface area contributed by atoms with Crippen molar-refractivity contribution in [3.8, 4) is 24.7 Å². The first-order chi connectivity index (χ1) is 28.7. The second kappa shape index (κ2) is 19.7. The predicted molar refractivity (Wildman–Crippen MR) is 239 cm³/mol. The maximum atomic E-state index is 13.7. The molecule has 296 valence electrons. The molecule has 4 heterocycles. The Kier molecular flexibility index (Phi) is 14.1. The molecular formula is C47H42Cl2N8O2. The van der Waals surface area contributed by atoms with E-state index in [-0.39, 0.29) is 5.91 Å². The minimum Gasteiger partial charge on any atom is -0.341 e. The quantitative estimate of drug-likeness (QED) is 0.0800. The lowest BCUT2D eigenvalue weighted by molar-refractivity contribution is 0.0735. The van der Waals surface area contributed by atoms with Crippen molar-refractivity contribution in [2.75, 3.05) is 20.1 Å². The van der Waals surface area contributed by atoms with Crippen LogP contribution in [0.25, 0.3) is 43.6 Å². The predicted octanol–water partition coefficient (Wildman–Crippen LogP) is 9.88. The summed E-state index contributed by atoms with van der Waals surface area (Å²) in [5, 5.41) is 4.08. The molecular weight excluding hydrogens is 779 g/mol. The van der Waals surface area contributed by atoms with Crippen molar-refractivity contribution in [1.82, 2.24) is 39.7 Å². The van der Waals surface area contributed by atoms with Crippen molar-refractivity contribution in [3.63, 3.8) is 0 Å². The van der Waals surface area contributed by atoms with Gasteiger partial charge in [-0.2, -0.15) is 0 Å². The van der Waals surface area contributed by atoms with Gasteiger partial charge in [-0.3, -0.25) is 14.5 Å². The third-order valence-electron chi connectivity index (χ3n) is 9.32. The molecule has 8 aromatic rings. The monoisotopic (exact) mass is 820 g/mol. The Labute approximate surface area is 353 Å². The van der Waals surface area contributed by atoms with Crippen LogP contribution in [0.2, 0.25) is 10.3 Å². The zero-order valence-electron chi connectivity index (χ0n) is 33.0. The number of imidazole rings is 2. The fourth-order valence-corrected chi connectivity index (χ4v) is 7.17. The maximum absolute atomic E-state index is 13.7. The normalized spacial score (nSPS) is 10.8. The lowest BCUT2D eigenvalue weighted by Gasteiger charge is -2.21. The SMILES string of the molecule is C#C.CCCN(C)Cc1nc2ccc(C#Cc3ccc4nc(CN(CCC)C(=O)c5nc(Cl)cc6ccccc56)[nH]c4c3)cc2[nH]1.O=Cc1nc(Cl)cc2ccccc12. The van der Waals surface area contributed by atoms with E-state index in [4.69, 9.17) is 33.2 Å². The van der Waals surface area contributed by atoms with Crippen LogP contribution in [-0.2, 0) is 13.1 Å². The topological polar surface area (TPSA) is 124 Å². The Bertz CT molecular complexity index is 2850. The van der Waals surface area contributed by atoms with Gasteiger partial charge in [-0.25, -0.2) is 19.9 Å². The van der Waals surface area contributed by atoms with Gasteiger partial charge in [-0.1, -0.05) is 97.4 Å². The zero-order valence-corrected chi connectivity index (χ0v) is 34.5. The number of amides is 1. The fraction of sp³-hybridized carbons (Fsp3) is 0.191. The molecule has 0 unspecified atom stereocenters. The summed E-state index contributed by atoms with van der Waals surface area (Å²) >= 11 is 12.0. The summed E-state index contributed by atoms with van der Waals surface area (Å²) in [4.78, 5) is 53.0. The third-order valence-corrected chi connectivity index (χ3v) is 9.71. The minimum atomic E-state index is -0.174. The van der Waals surface area contributed by atoms with E-state index in [1.165, 1.54) is 0 Å². The molecule has 0 fully saturated rings. The Morgan fingerprint density at radius 2 is 1.22 bits per heavy atom. The summed E-state index contributed by atoms with van der Waals surface area (Å²) in [5.74, 6) is 8.04. The van der Waals surface area contributed by atoms with Crippen LogP contribution in [0, 0.1) is 24.7 Å². The number of carbonyl (C=O) groups excluding carboxylic acids is 2. The van der Waals surface area contributed by atoms with E-state index in [0.717, 1.165) is 86.5 Å². The van der Waals surface area contributed by atoms with Gasteiger partial charge in [0, 0.05) is 28.4 Å². The largest absolute Gasteiger partial charge is 0.341 e. The molecule has 12 heteroatoms. The average Bonchev–Trinajstić information content (AvgIpc) is 3.85. The van der Waals surface area contributed by atoms with Gasteiger partial charge in [-0.15, -0.1) is 12.8 Å². The summed E-state index contributed by atoms with van der Waals surface area (Å²) in [6.07, 6.45) is 10.6. The van der Waals surface area contributed by atoms with Crippen LogP contribution in [0.5, 0.6) is 0 Å². The van der Waals surface area contributed by atoms with Gasteiger partial charge in [-0.05, 0) is 85.7 Å². The van der Waals surface area contributed by atoms with E-state index in [1.54, 1.807) is 17.0 Å². The number of pyridine rings is 2. The average molecular weight is 822 g/mol. The van der Waals surface area contributed by atoms with E-state index in [2.05, 4.69) is 63.5 Å².